The first kappa shape index (κ1) is 19.7. The summed E-state index contributed by atoms with van der Waals surface area (Å²) in [6.45, 7) is 9.51. The molecule has 1 saturated heterocycles. The van der Waals surface area contributed by atoms with Crippen molar-refractivity contribution in [1.82, 2.24) is 14.9 Å². The number of rotatable bonds is 5. The van der Waals surface area contributed by atoms with Crippen LogP contribution in [0.1, 0.15) is 28.9 Å². The first-order chi connectivity index (χ1) is 13.0. The van der Waals surface area contributed by atoms with Crippen LogP contribution in [0, 0.1) is 20.8 Å². The molecular weight excluding hydrogens is 356 g/mol. The maximum atomic E-state index is 12.7. The molecule has 1 aliphatic rings. The molecule has 0 atom stereocenters. The van der Waals surface area contributed by atoms with Crippen LogP contribution < -0.4 is 4.90 Å². The van der Waals surface area contributed by atoms with E-state index in [0.717, 1.165) is 48.3 Å². The largest absolute Gasteiger partial charge is 0.368 e. The maximum Gasteiger partial charge on any atom is 0.223 e. The smallest absolute Gasteiger partial charge is 0.223 e. The number of hydrogen-bond donors (Lipinski definition) is 0. The zero-order valence-electron chi connectivity index (χ0n) is 16.7. The average Bonchev–Trinajstić information content (AvgIpc) is 2.67. The van der Waals surface area contributed by atoms with Crippen LogP contribution in [0.4, 0.5) is 5.69 Å². The van der Waals surface area contributed by atoms with Gasteiger partial charge in [-0.3, -0.25) is 4.79 Å². The molecule has 5 nitrogen and oxygen atoms in total. The van der Waals surface area contributed by atoms with Crippen LogP contribution in [-0.2, 0) is 11.2 Å². The van der Waals surface area contributed by atoms with Gasteiger partial charge in [-0.2, -0.15) is 0 Å². The van der Waals surface area contributed by atoms with E-state index in [9.17, 15) is 4.79 Å². The van der Waals surface area contributed by atoms with E-state index in [2.05, 4.69) is 46.1 Å². The Morgan fingerprint density at radius 3 is 2.26 bits per heavy atom. The Bertz CT molecular complexity index is 793. The summed E-state index contributed by atoms with van der Waals surface area (Å²) in [7, 11) is 0. The highest BCUT2D eigenvalue weighted by molar-refractivity contribution is 7.98. The minimum atomic E-state index is 0.229. The van der Waals surface area contributed by atoms with E-state index in [0.29, 0.717) is 12.8 Å². The highest BCUT2D eigenvalue weighted by Crippen LogP contribution is 2.22. The minimum absolute atomic E-state index is 0.229. The maximum absolute atomic E-state index is 12.7. The fourth-order valence-corrected chi connectivity index (χ4v) is 4.12. The van der Waals surface area contributed by atoms with E-state index < -0.39 is 0 Å². The summed E-state index contributed by atoms with van der Waals surface area (Å²) in [5, 5.41) is 0.799. The number of benzene rings is 1. The molecule has 1 amide bonds. The summed E-state index contributed by atoms with van der Waals surface area (Å²) in [4.78, 5) is 26.1. The minimum Gasteiger partial charge on any atom is -0.368 e. The Morgan fingerprint density at radius 1 is 1.04 bits per heavy atom. The lowest BCUT2D eigenvalue weighted by Gasteiger charge is -2.37. The number of nitrogens with zero attached hydrogens (tertiary/aromatic N) is 4. The zero-order chi connectivity index (χ0) is 19.4. The van der Waals surface area contributed by atoms with E-state index in [1.807, 2.05) is 25.0 Å². The molecule has 2 aromatic rings. The molecule has 0 aliphatic carbocycles. The normalized spacial score (nSPS) is 14.5. The fraction of sp³-hybridized carbons (Fsp3) is 0.476. The van der Waals surface area contributed by atoms with E-state index in [-0.39, 0.29) is 5.91 Å². The second kappa shape index (κ2) is 8.74. The number of aromatic nitrogens is 2. The number of amides is 1. The Hall–Kier alpha value is -2.08. The summed E-state index contributed by atoms with van der Waals surface area (Å²) >= 11 is 1.55. The number of para-hydroxylation sites is 1. The molecule has 0 spiro atoms. The fourth-order valence-electron chi connectivity index (χ4n) is 3.67. The summed E-state index contributed by atoms with van der Waals surface area (Å²) in [6.07, 6.45) is 3.21. The molecule has 2 heterocycles. The molecular formula is C21H28N4OS. The molecule has 27 heavy (non-hydrogen) atoms. The predicted octanol–water partition coefficient (Wildman–Crippen LogP) is 3.41. The number of thioether (sulfide) groups is 1. The number of carbonyl (C=O) groups is 1. The van der Waals surface area contributed by atoms with E-state index in [4.69, 9.17) is 0 Å². The predicted molar refractivity (Wildman–Crippen MR) is 112 cm³/mol. The molecule has 3 rings (SSSR count). The second-order valence-electron chi connectivity index (χ2n) is 7.01. The lowest BCUT2D eigenvalue weighted by Crippen LogP contribution is -2.49. The molecule has 1 fully saturated rings. The van der Waals surface area contributed by atoms with Gasteiger partial charge in [0.15, 0.2) is 5.16 Å². The van der Waals surface area contributed by atoms with Crippen molar-refractivity contribution < 1.29 is 4.79 Å². The first-order valence-electron chi connectivity index (χ1n) is 9.46. The third-order valence-electron chi connectivity index (χ3n) is 5.26. The quantitative estimate of drug-likeness (QED) is 0.584. The van der Waals surface area contributed by atoms with E-state index in [1.54, 1.807) is 11.8 Å². The van der Waals surface area contributed by atoms with Crippen molar-refractivity contribution in [3.05, 3.63) is 46.8 Å². The summed E-state index contributed by atoms with van der Waals surface area (Å²) in [5.74, 6) is 0.229. The van der Waals surface area contributed by atoms with Crippen molar-refractivity contribution in [2.45, 2.75) is 38.8 Å². The Kier molecular flexibility index (Phi) is 6.37. The molecule has 6 heteroatoms. The Balaban J connectivity index is 1.55. The number of anilines is 1. The van der Waals surface area contributed by atoms with Gasteiger partial charge in [0.05, 0.1) is 0 Å². The van der Waals surface area contributed by atoms with Crippen molar-refractivity contribution in [2.24, 2.45) is 0 Å². The number of carbonyl (C=O) groups excluding carboxylic acids is 1. The lowest BCUT2D eigenvalue weighted by molar-refractivity contribution is -0.131. The van der Waals surface area contributed by atoms with Crippen LogP contribution in [-0.4, -0.2) is 53.2 Å². The molecule has 144 valence electrons. The van der Waals surface area contributed by atoms with E-state index in [1.165, 1.54) is 11.3 Å². The first-order valence-corrected chi connectivity index (χ1v) is 10.7. The van der Waals surface area contributed by atoms with Crippen LogP contribution in [0.2, 0.25) is 0 Å². The van der Waals surface area contributed by atoms with Crippen molar-refractivity contribution in [3.63, 3.8) is 0 Å². The number of piperazine rings is 1. The molecule has 0 bridgehead atoms. The van der Waals surface area contributed by atoms with Gasteiger partial charge in [-0.25, -0.2) is 9.97 Å². The standard InChI is InChI=1S/C21H28N4OS/c1-15-7-5-6-8-19(15)24-11-13-25(14-12-24)20(26)10-9-18-16(2)22-21(27-4)23-17(18)3/h5-8H,9-14H2,1-4H3. The molecule has 1 aromatic heterocycles. The van der Waals surface area contributed by atoms with Gasteiger partial charge in [-0.05, 0) is 50.6 Å². The zero-order valence-corrected chi connectivity index (χ0v) is 17.5. The SMILES string of the molecule is CSc1nc(C)c(CCC(=O)N2CCN(c3ccccc3C)CC2)c(C)n1. The lowest BCUT2D eigenvalue weighted by atomic mass is 10.1. The van der Waals surface area contributed by atoms with E-state index >= 15 is 0 Å². The monoisotopic (exact) mass is 384 g/mol. The number of hydrogen-bond acceptors (Lipinski definition) is 5. The second-order valence-corrected chi connectivity index (χ2v) is 7.79. The van der Waals surface area contributed by atoms with Crippen LogP contribution >= 0.6 is 11.8 Å². The summed E-state index contributed by atoms with van der Waals surface area (Å²) < 4.78 is 0. The Morgan fingerprint density at radius 2 is 1.67 bits per heavy atom. The van der Waals surface area contributed by atoms with Gasteiger partial charge in [-0.15, -0.1) is 0 Å². The molecule has 1 aromatic carbocycles. The molecule has 1 aliphatic heterocycles. The van der Waals surface area contributed by atoms with Crippen molar-refractivity contribution in [3.8, 4) is 0 Å². The highest BCUT2D eigenvalue weighted by atomic mass is 32.2. The third kappa shape index (κ3) is 4.61. The van der Waals surface area contributed by atoms with Crippen LogP contribution in [0.15, 0.2) is 29.4 Å². The molecule has 0 N–H and O–H groups in total. The number of aryl methyl sites for hydroxylation is 3. The van der Waals surface area contributed by atoms with Gasteiger partial charge in [0.2, 0.25) is 5.91 Å². The van der Waals surface area contributed by atoms with Crippen molar-refractivity contribution in [1.29, 1.82) is 0 Å². The van der Waals surface area contributed by atoms with Gasteiger partial charge in [0, 0.05) is 49.7 Å². The van der Waals surface area contributed by atoms with Crippen molar-refractivity contribution in [2.75, 3.05) is 37.3 Å². The molecule has 0 saturated carbocycles. The average molecular weight is 385 g/mol. The molecule has 0 unspecified atom stereocenters. The van der Waals surface area contributed by atoms with Crippen LogP contribution in [0.3, 0.4) is 0 Å². The highest BCUT2D eigenvalue weighted by Gasteiger charge is 2.22. The van der Waals surface area contributed by atoms with Gasteiger partial charge in [-0.1, -0.05) is 30.0 Å². The van der Waals surface area contributed by atoms with Crippen LogP contribution in [0.25, 0.3) is 0 Å². The van der Waals surface area contributed by atoms with Crippen molar-refractivity contribution >= 4 is 23.4 Å². The van der Waals surface area contributed by atoms with Gasteiger partial charge in [0.1, 0.15) is 0 Å². The van der Waals surface area contributed by atoms with Gasteiger partial charge < -0.3 is 9.80 Å². The third-order valence-corrected chi connectivity index (χ3v) is 5.81. The summed E-state index contributed by atoms with van der Waals surface area (Å²) in [6, 6.07) is 8.45. The topological polar surface area (TPSA) is 49.3 Å². The van der Waals surface area contributed by atoms with Gasteiger partial charge >= 0.3 is 0 Å². The Labute approximate surface area is 166 Å². The van der Waals surface area contributed by atoms with Gasteiger partial charge in [0.25, 0.3) is 0 Å². The van der Waals surface area contributed by atoms with Crippen LogP contribution in [0.5, 0.6) is 0 Å². The molecule has 0 radical (unpaired) electrons. The summed E-state index contributed by atoms with van der Waals surface area (Å²) in [5.41, 5.74) is 5.66.